The molecule has 2 aliphatic rings. The fourth-order valence-electron chi connectivity index (χ4n) is 2.06. The first-order chi connectivity index (χ1) is 4.36. The molecule has 2 nitrogen and oxygen atoms in total. The number of nitrogens with zero attached hydrogens (tertiary/aromatic N) is 1. The molecule has 2 rings (SSSR count). The van der Waals surface area contributed by atoms with Crippen LogP contribution in [0.25, 0.3) is 0 Å². The van der Waals surface area contributed by atoms with E-state index in [2.05, 4.69) is 4.90 Å². The van der Waals surface area contributed by atoms with Gasteiger partial charge in [-0.2, -0.15) is 0 Å². The SMILES string of the molecule is OC1CC2CCCN2C1. The van der Waals surface area contributed by atoms with Gasteiger partial charge < -0.3 is 5.11 Å². The van der Waals surface area contributed by atoms with E-state index >= 15 is 0 Å². The highest BCUT2D eigenvalue weighted by Gasteiger charge is 2.33. The van der Waals surface area contributed by atoms with Gasteiger partial charge in [0.25, 0.3) is 0 Å². The Balaban J connectivity index is 2.02. The van der Waals surface area contributed by atoms with Crippen LogP contribution in [0, 0.1) is 0 Å². The molecule has 0 aliphatic carbocycles. The molecule has 2 aliphatic heterocycles. The second-order valence-electron chi connectivity index (χ2n) is 3.18. The molecule has 0 bridgehead atoms. The van der Waals surface area contributed by atoms with Crippen molar-refractivity contribution in [2.45, 2.75) is 31.4 Å². The van der Waals surface area contributed by atoms with E-state index < -0.39 is 0 Å². The molecule has 2 heterocycles. The average Bonchev–Trinajstić information content (AvgIpc) is 2.22. The van der Waals surface area contributed by atoms with Crippen molar-refractivity contribution in [2.75, 3.05) is 13.1 Å². The van der Waals surface area contributed by atoms with Crippen LogP contribution in [-0.2, 0) is 0 Å². The number of hydrogen-bond donors (Lipinski definition) is 1. The summed E-state index contributed by atoms with van der Waals surface area (Å²) in [6, 6.07) is 0.736. The summed E-state index contributed by atoms with van der Waals surface area (Å²) in [5.74, 6) is 0. The van der Waals surface area contributed by atoms with E-state index in [1.54, 1.807) is 0 Å². The molecule has 0 spiro atoms. The summed E-state index contributed by atoms with van der Waals surface area (Å²) in [5.41, 5.74) is 0. The normalized spacial score (nSPS) is 43.7. The van der Waals surface area contributed by atoms with Crippen molar-refractivity contribution in [3.63, 3.8) is 0 Å². The summed E-state index contributed by atoms with van der Waals surface area (Å²) < 4.78 is 0. The van der Waals surface area contributed by atoms with Gasteiger partial charge in [-0.05, 0) is 25.8 Å². The first-order valence-electron chi connectivity index (χ1n) is 3.78. The Morgan fingerprint density at radius 2 is 2.33 bits per heavy atom. The number of rotatable bonds is 0. The molecule has 52 valence electrons. The fraction of sp³-hybridized carbons (Fsp3) is 1.00. The van der Waals surface area contributed by atoms with Gasteiger partial charge in [0.15, 0.2) is 0 Å². The predicted octanol–water partition coefficient (Wildman–Crippen LogP) is 0.215. The van der Waals surface area contributed by atoms with Crippen molar-refractivity contribution >= 4 is 0 Å². The minimum Gasteiger partial charge on any atom is -0.392 e. The summed E-state index contributed by atoms with van der Waals surface area (Å²) >= 11 is 0. The Labute approximate surface area is 55.5 Å². The van der Waals surface area contributed by atoms with Crippen LogP contribution in [0.15, 0.2) is 0 Å². The fourth-order valence-corrected chi connectivity index (χ4v) is 2.06. The third-order valence-corrected chi connectivity index (χ3v) is 2.49. The molecular formula is C7H13NO. The van der Waals surface area contributed by atoms with Crippen LogP contribution < -0.4 is 0 Å². The van der Waals surface area contributed by atoms with Crippen LogP contribution in [-0.4, -0.2) is 35.2 Å². The maximum absolute atomic E-state index is 9.19. The lowest BCUT2D eigenvalue weighted by Crippen LogP contribution is -2.23. The van der Waals surface area contributed by atoms with Crippen LogP contribution in [0.5, 0.6) is 0 Å². The smallest absolute Gasteiger partial charge is 0.0682 e. The second kappa shape index (κ2) is 1.96. The largest absolute Gasteiger partial charge is 0.392 e. The highest BCUT2D eigenvalue weighted by Crippen LogP contribution is 2.27. The summed E-state index contributed by atoms with van der Waals surface area (Å²) in [5, 5.41) is 9.19. The Morgan fingerprint density at radius 1 is 1.44 bits per heavy atom. The van der Waals surface area contributed by atoms with Gasteiger partial charge in [0.05, 0.1) is 6.10 Å². The van der Waals surface area contributed by atoms with Crippen molar-refractivity contribution < 1.29 is 5.11 Å². The minimum atomic E-state index is -0.0182. The summed E-state index contributed by atoms with van der Waals surface area (Å²) in [4.78, 5) is 2.41. The average molecular weight is 127 g/mol. The van der Waals surface area contributed by atoms with E-state index in [-0.39, 0.29) is 6.10 Å². The first kappa shape index (κ1) is 5.69. The van der Waals surface area contributed by atoms with Crippen molar-refractivity contribution in [1.29, 1.82) is 0 Å². The molecule has 2 atom stereocenters. The van der Waals surface area contributed by atoms with E-state index in [0.717, 1.165) is 19.0 Å². The molecule has 9 heavy (non-hydrogen) atoms. The van der Waals surface area contributed by atoms with Gasteiger partial charge in [-0.1, -0.05) is 0 Å². The van der Waals surface area contributed by atoms with E-state index in [0.29, 0.717) is 0 Å². The van der Waals surface area contributed by atoms with Gasteiger partial charge in [-0.3, -0.25) is 4.90 Å². The second-order valence-corrected chi connectivity index (χ2v) is 3.18. The van der Waals surface area contributed by atoms with Crippen LogP contribution in [0.1, 0.15) is 19.3 Å². The van der Waals surface area contributed by atoms with Gasteiger partial charge in [0, 0.05) is 12.6 Å². The maximum Gasteiger partial charge on any atom is 0.0682 e. The molecule has 0 amide bonds. The molecule has 2 heteroatoms. The highest BCUT2D eigenvalue weighted by atomic mass is 16.3. The molecule has 0 saturated carbocycles. The van der Waals surface area contributed by atoms with Gasteiger partial charge in [-0.25, -0.2) is 0 Å². The zero-order chi connectivity index (χ0) is 6.27. The van der Waals surface area contributed by atoms with Crippen LogP contribution in [0.3, 0.4) is 0 Å². The lowest BCUT2D eigenvalue weighted by Gasteiger charge is -2.11. The molecule has 0 aromatic carbocycles. The molecule has 1 N–H and O–H groups in total. The van der Waals surface area contributed by atoms with Gasteiger partial charge in [0.2, 0.25) is 0 Å². The van der Waals surface area contributed by atoms with E-state index in [1.807, 2.05) is 0 Å². The van der Waals surface area contributed by atoms with Crippen molar-refractivity contribution in [2.24, 2.45) is 0 Å². The summed E-state index contributed by atoms with van der Waals surface area (Å²) in [6.45, 7) is 2.16. The predicted molar refractivity (Wildman–Crippen MR) is 35.2 cm³/mol. The van der Waals surface area contributed by atoms with Gasteiger partial charge >= 0.3 is 0 Å². The standard InChI is InChI=1S/C7H13NO/c9-7-4-6-2-1-3-8(6)5-7/h6-7,9H,1-5H2. The lowest BCUT2D eigenvalue weighted by atomic mass is 10.1. The molecule has 0 radical (unpaired) electrons. The third-order valence-electron chi connectivity index (χ3n) is 2.49. The topological polar surface area (TPSA) is 23.5 Å². The highest BCUT2D eigenvalue weighted by molar-refractivity contribution is 4.89. The summed E-state index contributed by atoms with van der Waals surface area (Å²) in [7, 11) is 0. The Bertz CT molecular complexity index is 103. The molecule has 2 saturated heterocycles. The Morgan fingerprint density at radius 3 is 3.11 bits per heavy atom. The molecule has 2 unspecified atom stereocenters. The minimum absolute atomic E-state index is 0.0182. The number of hydrogen-bond acceptors (Lipinski definition) is 2. The van der Waals surface area contributed by atoms with Crippen LogP contribution >= 0.6 is 0 Å². The van der Waals surface area contributed by atoms with Gasteiger partial charge in [0.1, 0.15) is 0 Å². The number of aliphatic hydroxyl groups is 1. The van der Waals surface area contributed by atoms with E-state index in [4.69, 9.17) is 0 Å². The maximum atomic E-state index is 9.19. The van der Waals surface area contributed by atoms with E-state index in [1.165, 1.54) is 19.4 Å². The number of fused-ring (bicyclic) bond motifs is 1. The quantitative estimate of drug-likeness (QED) is 0.503. The summed E-state index contributed by atoms with van der Waals surface area (Å²) in [6.07, 6.45) is 3.67. The Hall–Kier alpha value is -0.0800. The third kappa shape index (κ3) is 0.864. The molecule has 0 aromatic rings. The zero-order valence-corrected chi connectivity index (χ0v) is 5.58. The lowest BCUT2D eigenvalue weighted by molar-refractivity contribution is 0.177. The van der Waals surface area contributed by atoms with Crippen LogP contribution in [0.4, 0.5) is 0 Å². The molecule has 0 aromatic heterocycles. The first-order valence-corrected chi connectivity index (χ1v) is 3.78. The van der Waals surface area contributed by atoms with Crippen molar-refractivity contribution in [3.8, 4) is 0 Å². The van der Waals surface area contributed by atoms with Crippen LogP contribution in [0.2, 0.25) is 0 Å². The van der Waals surface area contributed by atoms with Crippen molar-refractivity contribution in [3.05, 3.63) is 0 Å². The van der Waals surface area contributed by atoms with E-state index in [9.17, 15) is 5.11 Å². The monoisotopic (exact) mass is 127 g/mol. The zero-order valence-electron chi connectivity index (χ0n) is 5.58. The van der Waals surface area contributed by atoms with Gasteiger partial charge in [-0.15, -0.1) is 0 Å². The Kier molecular flexibility index (Phi) is 1.24. The number of aliphatic hydroxyl groups excluding tert-OH is 1. The molecular weight excluding hydrogens is 114 g/mol. The van der Waals surface area contributed by atoms with Crippen molar-refractivity contribution in [1.82, 2.24) is 4.90 Å². The molecule has 2 fully saturated rings.